The minimum Gasteiger partial charge on any atom is -0.328 e. The second-order valence-electron chi connectivity index (χ2n) is 5.07. The zero-order valence-corrected chi connectivity index (χ0v) is 11.7. The molecule has 0 aliphatic heterocycles. The van der Waals surface area contributed by atoms with Crippen LogP contribution in [0.3, 0.4) is 0 Å². The maximum Gasteiger partial charge on any atom is 0.140 e. The molecule has 0 unspecified atom stereocenters. The van der Waals surface area contributed by atoms with Gasteiger partial charge < -0.3 is 4.57 Å². The van der Waals surface area contributed by atoms with Gasteiger partial charge in [-0.15, -0.1) is 0 Å². The normalized spacial score (nSPS) is 10.9. The number of nitrogens with zero attached hydrogens (tertiary/aromatic N) is 3. The van der Waals surface area contributed by atoms with E-state index in [2.05, 4.69) is 58.7 Å². The van der Waals surface area contributed by atoms with Crippen molar-refractivity contribution in [1.29, 1.82) is 0 Å². The predicted molar refractivity (Wildman–Crippen MR) is 81.3 cm³/mol. The fourth-order valence-corrected chi connectivity index (χ4v) is 2.32. The molecule has 100 valence electrons. The van der Waals surface area contributed by atoms with Crippen LogP contribution in [0.25, 0.3) is 22.5 Å². The summed E-state index contributed by atoms with van der Waals surface area (Å²) in [6, 6.07) is 12.9. The van der Waals surface area contributed by atoms with Crippen molar-refractivity contribution in [2.75, 3.05) is 0 Å². The van der Waals surface area contributed by atoms with Crippen molar-refractivity contribution >= 4 is 0 Å². The van der Waals surface area contributed by atoms with Gasteiger partial charge in [-0.1, -0.05) is 24.3 Å². The number of hydrogen-bond acceptors (Lipinski definition) is 2. The van der Waals surface area contributed by atoms with E-state index in [1.807, 2.05) is 24.7 Å². The van der Waals surface area contributed by atoms with Crippen molar-refractivity contribution in [3.8, 4) is 22.5 Å². The van der Waals surface area contributed by atoms with Gasteiger partial charge in [0.25, 0.3) is 0 Å². The van der Waals surface area contributed by atoms with Crippen molar-refractivity contribution in [3.63, 3.8) is 0 Å². The Kier molecular flexibility index (Phi) is 3.33. The molecule has 0 fully saturated rings. The van der Waals surface area contributed by atoms with Crippen LogP contribution in [-0.2, 0) is 0 Å². The summed E-state index contributed by atoms with van der Waals surface area (Å²) in [4.78, 5) is 8.67. The lowest BCUT2D eigenvalue weighted by Gasteiger charge is -2.12. The molecule has 0 amide bonds. The van der Waals surface area contributed by atoms with Gasteiger partial charge in [0.15, 0.2) is 0 Å². The molecule has 0 atom stereocenters. The van der Waals surface area contributed by atoms with Crippen LogP contribution in [0.4, 0.5) is 0 Å². The van der Waals surface area contributed by atoms with Gasteiger partial charge in [0, 0.05) is 42.0 Å². The van der Waals surface area contributed by atoms with Gasteiger partial charge in [-0.2, -0.15) is 0 Å². The highest BCUT2D eigenvalue weighted by Gasteiger charge is 2.09. The summed E-state index contributed by atoms with van der Waals surface area (Å²) in [5.41, 5.74) is 3.41. The van der Waals surface area contributed by atoms with Gasteiger partial charge >= 0.3 is 0 Å². The van der Waals surface area contributed by atoms with Gasteiger partial charge in [0.2, 0.25) is 0 Å². The minimum absolute atomic E-state index is 0.398. The summed E-state index contributed by atoms with van der Waals surface area (Å²) in [7, 11) is 0. The molecule has 0 saturated heterocycles. The second-order valence-corrected chi connectivity index (χ2v) is 5.07. The highest BCUT2D eigenvalue weighted by molar-refractivity contribution is 5.69. The first kappa shape index (κ1) is 12.6. The van der Waals surface area contributed by atoms with Crippen LogP contribution < -0.4 is 0 Å². The fourth-order valence-electron chi connectivity index (χ4n) is 2.32. The fraction of sp³-hybridized carbons (Fsp3) is 0.176. The van der Waals surface area contributed by atoms with E-state index >= 15 is 0 Å². The van der Waals surface area contributed by atoms with Gasteiger partial charge in [0.1, 0.15) is 5.82 Å². The molecule has 0 radical (unpaired) electrons. The van der Waals surface area contributed by atoms with Crippen LogP contribution in [0.1, 0.15) is 19.9 Å². The average molecular weight is 263 g/mol. The van der Waals surface area contributed by atoms with Crippen LogP contribution in [0.15, 0.2) is 61.2 Å². The topological polar surface area (TPSA) is 30.7 Å². The monoisotopic (exact) mass is 263 g/mol. The Morgan fingerprint density at radius 1 is 0.950 bits per heavy atom. The summed E-state index contributed by atoms with van der Waals surface area (Å²) < 4.78 is 2.18. The molecular formula is C17H17N3. The third kappa shape index (κ3) is 2.35. The number of aromatic nitrogens is 3. The van der Waals surface area contributed by atoms with E-state index in [9.17, 15) is 0 Å². The molecule has 0 N–H and O–H groups in total. The summed E-state index contributed by atoms with van der Waals surface area (Å²) in [5, 5.41) is 0. The standard InChI is InChI=1S/C17H17N3/c1-13(2)20-10-9-19-17(20)15-6-3-5-14(11-15)16-7-4-8-18-12-16/h3-13H,1-2H3. The molecule has 3 aromatic rings. The first-order valence-electron chi connectivity index (χ1n) is 6.79. The Bertz CT molecular complexity index is 699. The molecule has 2 heterocycles. The molecule has 3 heteroatoms. The van der Waals surface area contributed by atoms with E-state index in [1.165, 1.54) is 0 Å². The SMILES string of the molecule is CC(C)n1ccnc1-c1cccc(-c2cccnc2)c1. The lowest BCUT2D eigenvalue weighted by atomic mass is 10.0. The first-order chi connectivity index (χ1) is 9.75. The first-order valence-corrected chi connectivity index (χ1v) is 6.79. The highest BCUT2D eigenvalue weighted by Crippen LogP contribution is 2.26. The van der Waals surface area contributed by atoms with Crippen LogP contribution in [0, 0.1) is 0 Å². The van der Waals surface area contributed by atoms with E-state index < -0.39 is 0 Å². The molecule has 0 aliphatic rings. The van der Waals surface area contributed by atoms with Crippen molar-refractivity contribution in [2.45, 2.75) is 19.9 Å². The molecule has 3 rings (SSSR count). The third-order valence-corrected chi connectivity index (χ3v) is 3.34. The third-order valence-electron chi connectivity index (χ3n) is 3.34. The van der Waals surface area contributed by atoms with Crippen molar-refractivity contribution in [2.24, 2.45) is 0 Å². The van der Waals surface area contributed by atoms with Crippen molar-refractivity contribution in [1.82, 2.24) is 14.5 Å². The molecule has 1 aromatic carbocycles. The number of benzene rings is 1. The number of pyridine rings is 1. The molecule has 0 bridgehead atoms. The summed E-state index contributed by atoms with van der Waals surface area (Å²) in [5.74, 6) is 1.01. The van der Waals surface area contributed by atoms with Crippen LogP contribution in [0.5, 0.6) is 0 Å². The summed E-state index contributed by atoms with van der Waals surface area (Å²) >= 11 is 0. The van der Waals surface area contributed by atoms with Gasteiger partial charge in [0.05, 0.1) is 0 Å². The molecule has 2 aromatic heterocycles. The lowest BCUT2D eigenvalue weighted by molar-refractivity contribution is 0.606. The van der Waals surface area contributed by atoms with Crippen molar-refractivity contribution in [3.05, 3.63) is 61.2 Å². The van der Waals surface area contributed by atoms with Crippen LogP contribution in [0.2, 0.25) is 0 Å². The Morgan fingerprint density at radius 2 is 1.75 bits per heavy atom. The molecule has 0 spiro atoms. The van der Waals surface area contributed by atoms with E-state index in [0.29, 0.717) is 6.04 Å². The van der Waals surface area contributed by atoms with Gasteiger partial charge in [-0.25, -0.2) is 4.98 Å². The van der Waals surface area contributed by atoms with Gasteiger partial charge in [-0.3, -0.25) is 4.98 Å². The van der Waals surface area contributed by atoms with Crippen molar-refractivity contribution < 1.29 is 0 Å². The Morgan fingerprint density at radius 3 is 2.50 bits per heavy atom. The highest BCUT2D eigenvalue weighted by atomic mass is 15.1. The maximum absolute atomic E-state index is 4.49. The number of hydrogen-bond donors (Lipinski definition) is 0. The maximum atomic E-state index is 4.49. The smallest absolute Gasteiger partial charge is 0.140 e. The van der Waals surface area contributed by atoms with E-state index in [4.69, 9.17) is 0 Å². The average Bonchev–Trinajstić information content (AvgIpc) is 2.98. The Balaban J connectivity index is 2.06. The molecule has 0 saturated carbocycles. The molecule has 3 nitrogen and oxygen atoms in total. The second kappa shape index (κ2) is 5.29. The lowest BCUT2D eigenvalue weighted by Crippen LogP contribution is -2.01. The van der Waals surface area contributed by atoms with E-state index in [-0.39, 0.29) is 0 Å². The molecule has 20 heavy (non-hydrogen) atoms. The minimum atomic E-state index is 0.398. The quantitative estimate of drug-likeness (QED) is 0.709. The van der Waals surface area contributed by atoms with Crippen LogP contribution in [-0.4, -0.2) is 14.5 Å². The number of imidazole rings is 1. The summed E-state index contributed by atoms with van der Waals surface area (Å²) in [6.45, 7) is 4.33. The Hall–Kier alpha value is -2.42. The molecular weight excluding hydrogens is 246 g/mol. The zero-order valence-electron chi connectivity index (χ0n) is 11.7. The van der Waals surface area contributed by atoms with E-state index in [0.717, 1.165) is 22.5 Å². The predicted octanol–water partition coefficient (Wildman–Crippen LogP) is 4.19. The zero-order chi connectivity index (χ0) is 13.9. The van der Waals surface area contributed by atoms with Gasteiger partial charge in [-0.05, 0) is 31.5 Å². The van der Waals surface area contributed by atoms with E-state index in [1.54, 1.807) is 6.20 Å². The van der Waals surface area contributed by atoms with Crippen LogP contribution >= 0.6 is 0 Å². The summed E-state index contributed by atoms with van der Waals surface area (Å²) in [6.07, 6.45) is 7.55. The largest absolute Gasteiger partial charge is 0.328 e. The number of rotatable bonds is 3. The molecule has 0 aliphatic carbocycles. The Labute approximate surface area is 118 Å².